The number of aromatic nitrogens is 1. The number of hydrogen-bond donors (Lipinski definition) is 1. The topological polar surface area (TPSA) is 46.5 Å². The van der Waals surface area contributed by atoms with Crippen molar-refractivity contribution >= 4 is 11.6 Å². The molecule has 5 rings (SSSR count). The van der Waals surface area contributed by atoms with Crippen LogP contribution in [-0.4, -0.2) is 35.6 Å². The Hall–Kier alpha value is -3.21. The number of hydrogen-bond acceptors (Lipinski definition) is 3. The molecule has 0 unspecified atom stereocenters. The second-order valence-corrected chi connectivity index (χ2v) is 8.39. The van der Waals surface area contributed by atoms with E-state index in [4.69, 9.17) is 4.74 Å². The lowest BCUT2D eigenvalue weighted by Crippen LogP contribution is -2.51. The lowest BCUT2D eigenvalue weighted by molar-refractivity contribution is 0.0676. The van der Waals surface area contributed by atoms with Gasteiger partial charge in [0.05, 0.1) is 24.0 Å². The molecule has 5 heteroatoms. The van der Waals surface area contributed by atoms with Gasteiger partial charge in [-0.3, -0.25) is 4.79 Å². The van der Waals surface area contributed by atoms with Gasteiger partial charge in [0.1, 0.15) is 5.75 Å². The van der Waals surface area contributed by atoms with Gasteiger partial charge in [0, 0.05) is 30.5 Å². The van der Waals surface area contributed by atoms with Gasteiger partial charge in [-0.1, -0.05) is 6.07 Å². The molecule has 0 radical (unpaired) electrons. The minimum atomic E-state index is -0.144. The quantitative estimate of drug-likeness (QED) is 0.679. The van der Waals surface area contributed by atoms with Gasteiger partial charge in [-0.15, -0.1) is 0 Å². The van der Waals surface area contributed by atoms with Crippen molar-refractivity contribution in [2.75, 3.05) is 25.5 Å². The molecular weight excluding hydrogens is 374 g/mol. The predicted molar refractivity (Wildman–Crippen MR) is 119 cm³/mol. The molecule has 1 N–H and O–H groups in total. The van der Waals surface area contributed by atoms with E-state index in [0.717, 1.165) is 31.7 Å². The Balaban J connectivity index is 1.40. The molecule has 1 saturated heterocycles. The number of carbonyl (C=O) groups is 1. The highest BCUT2D eigenvalue weighted by Crippen LogP contribution is 2.44. The number of aryl methyl sites for hydroxylation is 1. The van der Waals surface area contributed by atoms with Crippen LogP contribution in [-0.2, 0) is 5.54 Å². The molecule has 0 bridgehead atoms. The van der Waals surface area contributed by atoms with E-state index in [2.05, 4.69) is 54.2 Å². The third kappa shape index (κ3) is 2.80. The van der Waals surface area contributed by atoms with E-state index in [0.29, 0.717) is 5.56 Å². The number of nitrogens with zero attached hydrogens (tertiary/aromatic N) is 2. The SMILES string of the molecule is COc1ccc(C(=O)N2CCC3(CC2)Nc2ccc(C)c(C)c2-n2cccc23)cc1. The Morgan fingerprint density at radius 1 is 1.03 bits per heavy atom. The average molecular weight is 402 g/mol. The van der Waals surface area contributed by atoms with Gasteiger partial charge in [-0.2, -0.15) is 0 Å². The summed E-state index contributed by atoms with van der Waals surface area (Å²) in [5, 5.41) is 3.86. The van der Waals surface area contributed by atoms with Crippen LogP contribution in [0, 0.1) is 13.8 Å². The molecule has 0 aliphatic carbocycles. The van der Waals surface area contributed by atoms with Crippen molar-refractivity contribution in [1.29, 1.82) is 0 Å². The number of piperidine rings is 1. The minimum absolute atomic E-state index is 0.0885. The van der Waals surface area contributed by atoms with Crippen LogP contribution in [0.15, 0.2) is 54.7 Å². The Morgan fingerprint density at radius 2 is 1.77 bits per heavy atom. The molecule has 2 aliphatic heterocycles. The third-order valence-corrected chi connectivity index (χ3v) is 6.80. The maximum Gasteiger partial charge on any atom is 0.253 e. The summed E-state index contributed by atoms with van der Waals surface area (Å²) in [5.74, 6) is 0.853. The summed E-state index contributed by atoms with van der Waals surface area (Å²) >= 11 is 0. The summed E-state index contributed by atoms with van der Waals surface area (Å²) in [6.45, 7) is 5.80. The van der Waals surface area contributed by atoms with E-state index in [1.165, 1.54) is 28.2 Å². The van der Waals surface area contributed by atoms with Crippen molar-refractivity contribution in [3.8, 4) is 11.4 Å². The van der Waals surface area contributed by atoms with Crippen LogP contribution in [0.1, 0.15) is 40.0 Å². The third-order valence-electron chi connectivity index (χ3n) is 6.80. The number of anilines is 1. The number of methoxy groups -OCH3 is 1. The highest BCUT2D eigenvalue weighted by molar-refractivity contribution is 5.94. The number of amides is 1. The zero-order chi connectivity index (χ0) is 20.9. The standard InChI is InChI=1S/C25H27N3O2/c1-17-6-11-21-23(18(17)2)28-14-4-5-22(28)25(26-21)12-15-27(16-13-25)24(29)19-7-9-20(30-3)10-8-19/h4-11,14,26H,12-13,15-16H2,1-3H3. The van der Waals surface area contributed by atoms with Crippen LogP contribution in [0.25, 0.3) is 5.69 Å². The molecule has 1 aromatic heterocycles. The van der Waals surface area contributed by atoms with Gasteiger partial charge in [-0.25, -0.2) is 0 Å². The fraction of sp³-hybridized carbons (Fsp3) is 0.320. The number of likely N-dealkylation sites (tertiary alicyclic amines) is 1. The van der Waals surface area contributed by atoms with Crippen LogP contribution in [0.4, 0.5) is 5.69 Å². The molecule has 1 amide bonds. The van der Waals surface area contributed by atoms with Crippen molar-refractivity contribution in [3.05, 3.63) is 77.1 Å². The van der Waals surface area contributed by atoms with Gasteiger partial charge in [0.15, 0.2) is 0 Å². The van der Waals surface area contributed by atoms with E-state index in [9.17, 15) is 4.79 Å². The van der Waals surface area contributed by atoms with Crippen LogP contribution in [0.3, 0.4) is 0 Å². The zero-order valence-corrected chi connectivity index (χ0v) is 17.7. The highest BCUT2D eigenvalue weighted by atomic mass is 16.5. The Labute approximate surface area is 177 Å². The lowest BCUT2D eigenvalue weighted by atomic mass is 9.81. The Bertz CT molecular complexity index is 1110. The molecule has 2 aliphatic rings. The molecule has 1 fully saturated rings. The van der Waals surface area contributed by atoms with Gasteiger partial charge in [-0.05, 0) is 80.3 Å². The van der Waals surface area contributed by atoms with Gasteiger partial charge in [0.25, 0.3) is 5.91 Å². The van der Waals surface area contributed by atoms with Crippen LogP contribution in [0.2, 0.25) is 0 Å². The van der Waals surface area contributed by atoms with Crippen LogP contribution >= 0.6 is 0 Å². The van der Waals surface area contributed by atoms with Crippen molar-refractivity contribution < 1.29 is 9.53 Å². The highest BCUT2D eigenvalue weighted by Gasteiger charge is 2.42. The normalized spacial score (nSPS) is 16.6. The molecule has 154 valence electrons. The number of fused-ring (bicyclic) bond motifs is 4. The minimum Gasteiger partial charge on any atom is -0.497 e. The first kappa shape index (κ1) is 18.8. The molecule has 2 aromatic carbocycles. The fourth-order valence-corrected chi connectivity index (χ4v) is 4.89. The number of carbonyl (C=O) groups excluding carboxylic acids is 1. The molecule has 3 aromatic rings. The van der Waals surface area contributed by atoms with Gasteiger partial charge < -0.3 is 19.5 Å². The monoisotopic (exact) mass is 401 g/mol. The van der Waals surface area contributed by atoms with E-state index in [1.54, 1.807) is 7.11 Å². The Morgan fingerprint density at radius 3 is 2.47 bits per heavy atom. The number of rotatable bonds is 2. The average Bonchev–Trinajstić information content (AvgIpc) is 3.27. The second-order valence-electron chi connectivity index (χ2n) is 8.39. The smallest absolute Gasteiger partial charge is 0.253 e. The molecule has 30 heavy (non-hydrogen) atoms. The summed E-state index contributed by atoms with van der Waals surface area (Å²) in [6.07, 6.45) is 3.93. The fourth-order valence-electron chi connectivity index (χ4n) is 4.89. The van der Waals surface area contributed by atoms with Gasteiger partial charge in [0.2, 0.25) is 0 Å². The molecule has 0 saturated carbocycles. The van der Waals surface area contributed by atoms with Crippen molar-refractivity contribution in [2.24, 2.45) is 0 Å². The predicted octanol–water partition coefficient (Wildman–Crippen LogP) is 4.66. The zero-order valence-electron chi connectivity index (χ0n) is 17.7. The summed E-state index contributed by atoms with van der Waals surface area (Å²) in [6, 6.07) is 16.1. The number of ether oxygens (including phenoxy) is 1. The largest absolute Gasteiger partial charge is 0.497 e. The molecular formula is C25H27N3O2. The van der Waals surface area contributed by atoms with Crippen molar-refractivity contribution in [2.45, 2.75) is 32.2 Å². The number of nitrogens with one attached hydrogen (secondary N) is 1. The van der Waals surface area contributed by atoms with Crippen molar-refractivity contribution in [3.63, 3.8) is 0 Å². The lowest BCUT2D eigenvalue weighted by Gasteiger charge is -2.46. The first-order valence-corrected chi connectivity index (χ1v) is 10.5. The van der Waals surface area contributed by atoms with Crippen LogP contribution in [0.5, 0.6) is 5.75 Å². The van der Waals surface area contributed by atoms with Gasteiger partial charge >= 0.3 is 0 Å². The molecule has 3 heterocycles. The maximum atomic E-state index is 13.0. The summed E-state index contributed by atoms with van der Waals surface area (Å²) < 4.78 is 7.55. The summed E-state index contributed by atoms with van der Waals surface area (Å²) in [7, 11) is 1.63. The van der Waals surface area contributed by atoms with E-state index < -0.39 is 0 Å². The summed E-state index contributed by atoms with van der Waals surface area (Å²) in [5.41, 5.74) is 6.89. The first-order chi connectivity index (χ1) is 14.5. The summed E-state index contributed by atoms with van der Waals surface area (Å²) in [4.78, 5) is 15.0. The first-order valence-electron chi connectivity index (χ1n) is 10.5. The van der Waals surface area contributed by atoms with Crippen molar-refractivity contribution in [1.82, 2.24) is 9.47 Å². The molecule has 0 atom stereocenters. The molecule has 5 nitrogen and oxygen atoms in total. The maximum absolute atomic E-state index is 13.0. The molecule has 1 spiro atoms. The van der Waals surface area contributed by atoms with E-state index >= 15 is 0 Å². The van der Waals surface area contributed by atoms with E-state index in [-0.39, 0.29) is 11.4 Å². The van der Waals surface area contributed by atoms with Crippen LogP contribution < -0.4 is 10.1 Å². The Kier molecular flexibility index (Phi) is 4.35. The number of benzene rings is 2. The van der Waals surface area contributed by atoms with E-state index in [1.807, 2.05) is 29.2 Å². The second kappa shape index (κ2) is 6.94.